The van der Waals surface area contributed by atoms with Crippen LogP contribution in [-0.2, 0) is 22.2 Å². The Bertz CT molecular complexity index is 720. The Morgan fingerprint density at radius 2 is 1.61 bits per heavy atom. The first-order chi connectivity index (χ1) is 11.0. The van der Waals surface area contributed by atoms with Crippen LogP contribution in [0.5, 0.6) is 0 Å². The minimum Gasteiger partial charge on any atom is -0.329 e. The van der Waals surface area contributed by atoms with Gasteiger partial charge in [0.15, 0.2) is 0 Å². The average molecular weight is 353 g/mol. The molecule has 0 unspecified atom stereocenters. The standard InChI is InChI=1S/C17H21ClN2O2S/c18-17-9-5-4-8-16(17)14-23(21,22)20(13-11-19)12-10-15-6-2-1-3-7-15/h1-9H,10-14,19H2. The maximum absolute atomic E-state index is 12.7. The van der Waals surface area contributed by atoms with Gasteiger partial charge in [-0.2, -0.15) is 0 Å². The van der Waals surface area contributed by atoms with Gasteiger partial charge < -0.3 is 5.73 Å². The molecule has 2 N–H and O–H groups in total. The Morgan fingerprint density at radius 3 is 2.26 bits per heavy atom. The van der Waals surface area contributed by atoms with E-state index in [0.717, 1.165) is 5.56 Å². The molecule has 0 saturated carbocycles. The van der Waals surface area contributed by atoms with Crippen molar-refractivity contribution in [1.29, 1.82) is 0 Å². The smallest absolute Gasteiger partial charge is 0.218 e. The molecule has 0 aliphatic rings. The number of rotatable bonds is 8. The van der Waals surface area contributed by atoms with Crippen LogP contribution in [0.4, 0.5) is 0 Å². The maximum Gasteiger partial charge on any atom is 0.218 e. The largest absolute Gasteiger partial charge is 0.329 e. The molecule has 0 atom stereocenters. The summed E-state index contributed by atoms with van der Waals surface area (Å²) in [6.07, 6.45) is 0.655. The van der Waals surface area contributed by atoms with Gasteiger partial charge in [-0.05, 0) is 23.6 Å². The van der Waals surface area contributed by atoms with E-state index in [4.69, 9.17) is 17.3 Å². The summed E-state index contributed by atoms with van der Waals surface area (Å²) >= 11 is 6.08. The van der Waals surface area contributed by atoms with Gasteiger partial charge in [0, 0.05) is 24.7 Å². The van der Waals surface area contributed by atoms with Gasteiger partial charge >= 0.3 is 0 Å². The van der Waals surface area contributed by atoms with Crippen molar-refractivity contribution in [2.24, 2.45) is 5.73 Å². The second-order valence-electron chi connectivity index (χ2n) is 5.27. The van der Waals surface area contributed by atoms with E-state index < -0.39 is 10.0 Å². The van der Waals surface area contributed by atoms with Crippen molar-refractivity contribution < 1.29 is 8.42 Å². The van der Waals surface area contributed by atoms with Gasteiger partial charge in [0.1, 0.15) is 0 Å². The first-order valence-electron chi connectivity index (χ1n) is 7.48. The summed E-state index contributed by atoms with van der Waals surface area (Å²) in [5.41, 5.74) is 7.29. The van der Waals surface area contributed by atoms with Gasteiger partial charge in [0.2, 0.25) is 10.0 Å². The number of nitrogens with two attached hydrogens (primary N) is 1. The molecule has 0 aliphatic carbocycles. The minimum atomic E-state index is -3.46. The zero-order valence-electron chi connectivity index (χ0n) is 12.9. The molecular formula is C17H21ClN2O2S. The summed E-state index contributed by atoms with van der Waals surface area (Å²) in [7, 11) is -3.46. The molecule has 0 fully saturated rings. The lowest BCUT2D eigenvalue weighted by atomic mass is 10.1. The number of halogens is 1. The molecule has 0 aliphatic heterocycles. The van der Waals surface area contributed by atoms with Crippen LogP contribution in [0.15, 0.2) is 54.6 Å². The fourth-order valence-electron chi connectivity index (χ4n) is 2.34. The highest BCUT2D eigenvalue weighted by molar-refractivity contribution is 7.88. The van der Waals surface area contributed by atoms with E-state index in [-0.39, 0.29) is 12.3 Å². The van der Waals surface area contributed by atoms with Crippen LogP contribution in [0, 0.1) is 0 Å². The lowest BCUT2D eigenvalue weighted by molar-refractivity contribution is 0.421. The second-order valence-corrected chi connectivity index (χ2v) is 7.65. The van der Waals surface area contributed by atoms with Crippen LogP contribution in [0.2, 0.25) is 5.02 Å². The van der Waals surface area contributed by atoms with Crippen molar-refractivity contribution in [2.75, 3.05) is 19.6 Å². The molecule has 124 valence electrons. The number of nitrogens with zero attached hydrogens (tertiary/aromatic N) is 1. The molecule has 0 amide bonds. The Morgan fingerprint density at radius 1 is 0.957 bits per heavy atom. The molecule has 0 radical (unpaired) electrons. The highest BCUT2D eigenvalue weighted by atomic mass is 35.5. The third-order valence-electron chi connectivity index (χ3n) is 3.56. The minimum absolute atomic E-state index is 0.110. The van der Waals surface area contributed by atoms with Crippen molar-refractivity contribution in [3.8, 4) is 0 Å². The van der Waals surface area contributed by atoms with E-state index in [1.165, 1.54) is 4.31 Å². The monoisotopic (exact) mass is 352 g/mol. The highest BCUT2D eigenvalue weighted by Gasteiger charge is 2.22. The Balaban J connectivity index is 2.10. The molecular weight excluding hydrogens is 332 g/mol. The Labute approximate surface area is 142 Å². The molecule has 2 aromatic rings. The van der Waals surface area contributed by atoms with Crippen molar-refractivity contribution in [1.82, 2.24) is 4.31 Å². The fourth-order valence-corrected chi connectivity index (χ4v) is 4.20. The van der Waals surface area contributed by atoms with E-state index >= 15 is 0 Å². The zero-order valence-corrected chi connectivity index (χ0v) is 14.4. The van der Waals surface area contributed by atoms with Crippen molar-refractivity contribution in [3.63, 3.8) is 0 Å². The van der Waals surface area contributed by atoms with Crippen molar-refractivity contribution in [2.45, 2.75) is 12.2 Å². The SMILES string of the molecule is NCCN(CCc1ccccc1)S(=O)(=O)Cc1ccccc1Cl. The topological polar surface area (TPSA) is 63.4 Å². The summed E-state index contributed by atoms with van der Waals surface area (Å²) in [6.45, 7) is 1.00. The average Bonchev–Trinajstić information content (AvgIpc) is 2.54. The molecule has 0 saturated heterocycles. The Kier molecular flexibility index (Phi) is 6.59. The normalized spacial score (nSPS) is 11.8. The van der Waals surface area contributed by atoms with E-state index in [1.54, 1.807) is 24.3 Å². The fraction of sp³-hybridized carbons (Fsp3) is 0.294. The van der Waals surface area contributed by atoms with Crippen LogP contribution < -0.4 is 5.73 Å². The van der Waals surface area contributed by atoms with Gasteiger partial charge in [0.25, 0.3) is 0 Å². The van der Waals surface area contributed by atoms with Crippen LogP contribution in [-0.4, -0.2) is 32.4 Å². The van der Waals surface area contributed by atoms with Crippen LogP contribution >= 0.6 is 11.6 Å². The third kappa shape index (κ3) is 5.32. The number of benzene rings is 2. The summed E-state index contributed by atoms with van der Waals surface area (Å²) in [4.78, 5) is 0. The molecule has 2 rings (SSSR count). The molecule has 0 spiro atoms. The van der Waals surface area contributed by atoms with Crippen molar-refractivity contribution in [3.05, 3.63) is 70.7 Å². The van der Waals surface area contributed by atoms with Gasteiger partial charge in [-0.15, -0.1) is 0 Å². The molecule has 6 heteroatoms. The van der Waals surface area contributed by atoms with E-state index in [1.807, 2.05) is 30.3 Å². The summed E-state index contributed by atoms with van der Waals surface area (Å²) < 4.78 is 26.8. The van der Waals surface area contributed by atoms with E-state index in [0.29, 0.717) is 30.1 Å². The van der Waals surface area contributed by atoms with Crippen LogP contribution in [0.3, 0.4) is 0 Å². The van der Waals surface area contributed by atoms with Crippen LogP contribution in [0.25, 0.3) is 0 Å². The first kappa shape index (κ1) is 17.9. The lowest BCUT2D eigenvalue weighted by Gasteiger charge is -2.22. The predicted molar refractivity (Wildman–Crippen MR) is 94.8 cm³/mol. The summed E-state index contributed by atoms with van der Waals surface area (Å²) in [5, 5.41) is 0.465. The molecule has 4 nitrogen and oxygen atoms in total. The summed E-state index contributed by atoms with van der Waals surface area (Å²) in [6, 6.07) is 16.8. The zero-order chi connectivity index (χ0) is 16.7. The molecule has 0 bridgehead atoms. The van der Waals surface area contributed by atoms with E-state index in [9.17, 15) is 8.42 Å². The van der Waals surface area contributed by atoms with Gasteiger partial charge in [-0.25, -0.2) is 12.7 Å². The predicted octanol–water partition coefficient (Wildman–Crippen LogP) is 2.67. The third-order valence-corrected chi connectivity index (χ3v) is 5.76. The first-order valence-corrected chi connectivity index (χ1v) is 9.47. The van der Waals surface area contributed by atoms with Gasteiger partial charge in [0.05, 0.1) is 5.75 Å². The molecule has 0 heterocycles. The quantitative estimate of drug-likeness (QED) is 0.794. The van der Waals surface area contributed by atoms with Gasteiger partial charge in [-0.3, -0.25) is 0 Å². The van der Waals surface area contributed by atoms with Crippen LogP contribution in [0.1, 0.15) is 11.1 Å². The van der Waals surface area contributed by atoms with Crippen molar-refractivity contribution >= 4 is 21.6 Å². The van der Waals surface area contributed by atoms with E-state index in [2.05, 4.69) is 0 Å². The molecule has 23 heavy (non-hydrogen) atoms. The number of hydrogen-bond donors (Lipinski definition) is 1. The summed E-state index contributed by atoms with van der Waals surface area (Å²) in [5.74, 6) is -0.110. The molecule has 0 aromatic heterocycles. The number of hydrogen-bond acceptors (Lipinski definition) is 3. The maximum atomic E-state index is 12.7. The Hall–Kier alpha value is -1.40. The lowest BCUT2D eigenvalue weighted by Crippen LogP contribution is -2.37. The second kappa shape index (κ2) is 8.45. The van der Waals surface area contributed by atoms with Gasteiger partial charge in [-0.1, -0.05) is 60.1 Å². The highest BCUT2D eigenvalue weighted by Crippen LogP contribution is 2.19. The number of sulfonamides is 1. The molecule has 2 aromatic carbocycles.